The van der Waals surface area contributed by atoms with Gasteiger partial charge in [-0.15, -0.1) is 15.9 Å². The van der Waals surface area contributed by atoms with Crippen molar-refractivity contribution in [3.8, 4) is 34.1 Å². The van der Waals surface area contributed by atoms with Crippen LogP contribution in [-0.4, -0.2) is 40.6 Å². The van der Waals surface area contributed by atoms with Crippen LogP contribution in [0, 0.1) is 0 Å². The number of halogens is 2. The molecule has 0 saturated carbocycles. The van der Waals surface area contributed by atoms with Crippen LogP contribution in [0.2, 0.25) is 10.0 Å². The molecule has 0 atom stereocenters. The second kappa shape index (κ2) is 15.0. The van der Waals surface area contributed by atoms with E-state index < -0.39 is 0 Å². The SMILES string of the molecule is CCCCCCCCN1C(=CC=C=Cc2c(-c3ccc(Cl)cc3Cl)[nH]n3c(-c4ccccc4OC)nnc23)C(C)(C)c2cc(OC)ccc21. The molecule has 0 aliphatic carbocycles. The van der Waals surface area contributed by atoms with Crippen LogP contribution >= 0.6 is 23.2 Å². The van der Waals surface area contributed by atoms with E-state index in [0.717, 1.165) is 41.1 Å². The van der Waals surface area contributed by atoms with Crippen LogP contribution in [0.1, 0.15) is 70.4 Å². The number of nitrogens with one attached hydrogen (secondary N) is 1. The van der Waals surface area contributed by atoms with Gasteiger partial charge in [0.1, 0.15) is 11.5 Å². The fourth-order valence-electron chi connectivity index (χ4n) is 6.72. The van der Waals surface area contributed by atoms with Gasteiger partial charge in [0.15, 0.2) is 11.5 Å². The molecule has 0 fully saturated rings. The summed E-state index contributed by atoms with van der Waals surface area (Å²) >= 11 is 13.0. The van der Waals surface area contributed by atoms with E-state index in [1.54, 1.807) is 20.3 Å². The third kappa shape index (κ3) is 6.89. The molecule has 0 unspecified atom stereocenters. The monoisotopic (exact) mass is 695 g/mol. The predicted molar refractivity (Wildman–Crippen MR) is 202 cm³/mol. The van der Waals surface area contributed by atoms with Gasteiger partial charge in [0.05, 0.1) is 36.1 Å². The molecule has 0 spiro atoms. The fraction of sp³-hybridized carbons (Fsp3) is 0.325. The van der Waals surface area contributed by atoms with E-state index in [9.17, 15) is 0 Å². The number of allylic oxidation sites excluding steroid dienone is 3. The van der Waals surface area contributed by atoms with Gasteiger partial charge in [-0.3, -0.25) is 5.10 Å². The number of rotatable bonds is 13. The van der Waals surface area contributed by atoms with Crippen molar-refractivity contribution in [1.82, 2.24) is 19.8 Å². The van der Waals surface area contributed by atoms with Crippen LogP contribution in [0.4, 0.5) is 5.69 Å². The van der Waals surface area contributed by atoms with Gasteiger partial charge < -0.3 is 14.4 Å². The summed E-state index contributed by atoms with van der Waals surface area (Å²) in [4.78, 5) is 2.47. The number of fused-ring (bicyclic) bond motifs is 2. The molecule has 0 radical (unpaired) electrons. The first-order valence-electron chi connectivity index (χ1n) is 16.9. The Labute approximate surface area is 298 Å². The Bertz CT molecular complexity index is 2050. The smallest absolute Gasteiger partial charge is 0.187 e. The predicted octanol–water partition coefficient (Wildman–Crippen LogP) is 10.9. The van der Waals surface area contributed by atoms with E-state index >= 15 is 0 Å². The van der Waals surface area contributed by atoms with E-state index in [0.29, 0.717) is 27.3 Å². The Balaban J connectivity index is 1.41. The van der Waals surface area contributed by atoms with Crippen LogP contribution < -0.4 is 14.4 Å². The Kier molecular flexibility index (Phi) is 10.5. The number of para-hydroxylation sites is 1. The molecular weight excluding hydrogens is 653 g/mol. The highest BCUT2D eigenvalue weighted by atomic mass is 35.5. The van der Waals surface area contributed by atoms with Gasteiger partial charge in [-0.25, -0.2) is 4.52 Å². The molecule has 7 nitrogen and oxygen atoms in total. The first-order chi connectivity index (χ1) is 23.8. The van der Waals surface area contributed by atoms with Gasteiger partial charge in [0, 0.05) is 33.9 Å². The number of H-pyrrole nitrogens is 1. The lowest BCUT2D eigenvalue weighted by Gasteiger charge is -2.27. The minimum absolute atomic E-state index is 0.218. The largest absolute Gasteiger partial charge is 0.497 e. The molecule has 2 aromatic heterocycles. The maximum absolute atomic E-state index is 6.74. The highest BCUT2D eigenvalue weighted by Gasteiger charge is 2.39. The molecule has 3 aromatic carbocycles. The zero-order chi connectivity index (χ0) is 34.5. The van der Waals surface area contributed by atoms with Crippen molar-refractivity contribution in [3.05, 3.63) is 105 Å². The lowest BCUT2D eigenvalue weighted by Crippen LogP contribution is -2.27. The van der Waals surface area contributed by atoms with E-state index in [4.69, 9.17) is 32.7 Å². The van der Waals surface area contributed by atoms with Crippen LogP contribution in [0.5, 0.6) is 11.5 Å². The number of aromatic amines is 1. The molecule has 0 saturated heterocycles. The molecule has 3 heterocycles. The van der Waals surface area contributed by atoms with Gasteiger partial charge in [0.25, 0.3) is 0 Å². The molecule has 0 amide bonds. The minimum Gasteiger partial charge on any atom is -0.497 e. The molecule has 1 aliphatic heterocycles. The van der Waals surface area contributed by atoms with Crippen molar-refractivity contribution in [2.45, 2.75) is 64.7 Å². The second-order valence-corrected chi connectivity index (χ2v) is 13.7. The molecular formula is C40H43Cl2N5O2. The summed E-state index contributed by atoms with van der Waals surface area (Å²) in [6, 6.07) is 19.6. The number of unbranched alkanes of at least 4 members (excludes halogenated alkanes) is 5. The van der Waals surface area contributed by atoms with Crippen molar-refractivity contribution in [3.63, 3.8) is 0 Å². The highest BCUT2D eigenvalue weighted by Crippen LogP contribution is 2.49. The van der Waals surface area contributed by atoms with Crippen LogP contribution in [0.25, 0.3) is 34.4 Å². The van der Waals surface area contributed by atoms with E-state index in [-0.39, 0.29) is 5.41 Å². The summed E-state index contributed by atoms with van der Waals surface area (Å²) in [5.74, 6) is 2.19. The Hall–Kier alpha value is -4.42. The molecule has 1 aliphatic rings. The summed E-state index contributed by atoms with van der Waals surface area (Å²) in [5, 5.41) is 13.7. The Morgan fingerprint density at radius 2 is 1.69 bits per heavy atom. The lowest BCUT2D eigenvalue weighted by molar-refractivity contribution is 0.413. The quantitative estimate of drug-likeness (QED) is 0.0980. The molecule has 254 valence electrons. The number of benzene rings is 3. The third-order valence-corrected chi connectivity index (χ3v) is 9.89. The third-order valence-electron chi connectivity index (χ3n) is 9.34. The van der Waals surface area contributed by atoms with Crippen molar-refractivity contribution < 1.29 is 9.47 Å². The maximum Gasteiger partial charge on any atom is 0.187 e. The van der Waals surface area contributed by atoms with E-state index in [1.807, 2.05) is 53.1 Å². The average molecular weight is 697 g/mol. The number of aromatic nitrogens is 4. The van der Waals surface area contributed by atoms with E-state index in [2.05, 4.69) is 71.0 Å². The number of hydrogen-bond acceptors (Lipinski definition) is 5. The molecule has 5 aromatic rings. The van der Waals surface area contributed by atoms with Gasteiger partial charge in [-0.1, -0.05) is 88.2 Å². The molecule has 49 heavy (non-hydrogen) atoms. The summed E-state index contributed by atoms with van der Waals surface area (Å²) < 4.78 is 13.1. The highest BCUT2D eigenvalue weighted by molar-refractivity contribution is 6.36. The van der Waals surface area contributed by atoms with E-state index in [1.165, 1.54) is 49.1 Å². The van der Waals surface area contributed by atoms with Gasteiger partial charge >= 0.3 is 0 Å². The van der Waals surface area contributed by atoms with Crippen molar-refractivity contribution >= 4 is 40.6 Å². The first-order valence-corrected chi connectivity index (χ1v) is 17.7. The lowest BCUT2D eigenvalue weighted by atomic mass is 9.83. The number of hydrogen-bond donors (Lipinski definition) is 1. The summed E-state index contributed by atoms with van der Waals surface area (Å²) in [6.07, 6.45) is 13.6. The minimum atomic E-state index is -0.218. The molecule has 6 rings (SSSR count). The second-order valence-electron chi connectivity index (χ2n) is 12.9. The summed E-state index contributed by atoms with van der Waals surface area (Å²) in [7, 11) is 3.37. The summed E-state index contributed by atoms with van der Waals surface area (Å²) in [5.41, 5.74) is 10.8. The van der Waals surface area contributed by atoms with Crippen LogP contribution in [0.15, 0.2) is 84.2 Å². The van der Waals surface area contributed by atoms with Gasteiger partial charge in [0.2, 0.25) is 0 Å². The van der Waals surface area contributed by atoms with Crippen LogP contribution in [0.3, 0.4) is 0 Å². The number of anilines is 1. The molecule has 0 bridgehead atoms. The normalized spacial score (nSPS) is 14.3. The Morgan fingerprint density at radius 1 is 0.898 bits per heavy atom. The number of ether oxygens (including phenoxy) is 2. The van der Waals surface area contributed by atoms with Crippen LogP contribution in [-0.2, 0) is 5.41 Å². The van der Waals surface area contributed by atoms with Crippen molar-refractivity contribution in [2.24, 2.45) is 0 Å². The maximum atomic E-state index is 6.74. The Morgan fingerprint density at radius 3 is 2.47 bits per heavy atom. The van der Waals surface area contributed by atoms with Crippen molar-refractivity contribution in [1.29, 1.82) is 0 Å². The standard InChI is InChI=1S/C40H43Cl2N5O2/c1-6-7-8-9-10-15-24-46-34-23-21-28(48-4)26-32(34)40(2,3)36(46)19-14-12-17-31-37(29-22-20-27(41)25-33(29)42)45-47-38(43-44-39(31)47)30-16-11-13-18-35(30)49-5/h11,13-14,16-23,25-26,45H,6-10,15,24H2,1-5H3. The number of nitrogens with zero attached hydrogens (tertiary/aromatic N) is 4. The molecule has 9 heteroatoms. The fourth-order valence-corrected chi connectivity index (χ4v) is 7.22. The summed E-state index contributed by atoms with van der Waals surface area (Å²) in [6.45, 7) is 7.78. The topological polar surface area (TPSA) is 67.7 Å². The number of methoxy groups -OCH3 is 2. The molecule has 1 N–H and O–H groups in total. The van der Waals surface area contributed by atoms with Gasteiger partial charge in [-0.05, 0) is 78.7 Å². The van der Waals surface area contributed by atoms with Gasteiger partial charge in [-0.2, -0.15) is 0 Å². The zero-order valence-corrected chi connectivity index (χ0v) is 30.3. The van der Waals surface area contributed by atoms with Crippen molar-refractivity contribution in [2.75, 3.05) is 25.7 Å². The average Bonchev–Trinajstić information content (AvgIpc) is 3.73. The first kappa shape index (κ1) is 34.4. The zero-order valence-electron chi connectivity index (χ0n) is 28.8.